The molecule has 0 spiro atoms. The fraction of sp³-hybridized carbons (Fsp3) is 0.0667. The average molecular weight is 268 g/mol. The van der Waals surface area contributed by atoms with E-state index in [1.54, 1.807) is 24.3 Å². The van der Waals surface area contributed by atoms with Gasteiger partial charge < -0.3 is 10.5 Å². The molecule has 0 atom stereocenters. The Hall–Kier alpha value is -2.91. The summed E-state index contributed by atoms with van der Waals surface area (Å²) in [5.74, 6) is 0.414. The van der Waals surface area contributed by atoms with Gasteiger partial charge in [-0.05, 0) is 41.8 Å². The first-order chi connectivity index (χ1) is 9.67. The molecule has 0 saturated carbocycles. The lowest BCUT2D eigenvalue weighted by atomic mass is 10.0. The zero-order valence-corrected chi connectivity index (χ0v) is 10.6. The van der Waals surface area contributed by atoms with Gasteiger partial charge in [0.05, 0.1) is 5.69 Å². The normalized spacial score (nSPS) is 9.60. The number of benzene rings is 2. The molecule has 100 valence electrons. The minimum Gasteiger partial charge on any atom is -0.411 e. The van der Waals surface area contributed by atoms with Crippen LogP contribution in [-0.2, 0) is 11.2 Å². The number of amides is 1. The molecule has 5 nitrogen and oxygen atoms in total. The van der Waals surface area contributed by atoms with E-state index in [0.717, 1.165) is 17.5 Å². The Morgan fingerprint density at radius 1 is 1.05 bits per heavy atom. The number of hydrogen-bond donors (Lipinski definition) is 1. The van der Waals surface area contributed by atoms with Crippen LogP contribution in [-0.4, -0.2) is 12.2 Å². The first-order valence-corrected chi connectivity index (χ1v) is 5.90. The van der Waals surface area contributed by atoms with Gasteiger partial charge in [-0.25, -0.2) is 9.59 Å². The SMILES string of the molecule is NC(=O)Oc1ccc(Cc2ccc(N=C=O)cc2)cc1. The number of hydrogen-bond acceptors (Lipinski definition) is 4. The van der Waals surface area contributed by atoms with Crippen molar-refractivity contribution in [1.82, 2.24) is 0 Å². The van der Waals surface area contributed by atoms with Gasteiger partial charge in [-0.3, -0.25) is 0 Å². The summed E-state index contributed by atoms with van der Waals surface area (Å²) in [7, 11) is 0. The number of aliphatic imine (C=N–C) groups is 1. The number of carbonyl (C=O) groups excluding carboxylic acids is 2. The molecule has 20 heavy (non-hydrogen) atoms. The quantitative estimate of drug-likeness (QED) is 0.683. The van der Waals surface area contributed by atoms with Gasteiger partial charge in [0.1, 0.15) is 5.75 Å². The van der Waals surface area contributed by atoms with Crippen LogP contribution in [0.3, 0.4) is 0 Å². The van der Waals surface area contributed by atoms with Crippen LogP contribution in [0.25, 0.3) is 0 Å². The van der Waals surface area contributed by atoms with Crippen molar-refractivity contribution in [3.8, 4) is 5.75 Å². The summed E-state index contributed by atoms with van der Waals surface area (Å²) >= 11 is 0. The summed E-state index contributed by atoms with van der Waals surface area (Å²) in [5, 5.41) is 0. The smallest absolute Gasteiger partial charge is 0.409 e. The second kappa shape index (κ2) is 6.31. The van der Waals surface area contributed by atoms with Crippen molar-refractivity contribution in [3.63, 3.8) is 0 Å². The third-order valence-electron chi connectivity index (χ3n) is 2.66. The number of isocyanates is 1. The lowest BCUT2D eigenvalue weighted by Gasteiger charge is -2.04. The van der Waals surface area contributed by atoms with Crippen LogP contribution >= 0.6 is 0 Å². The van der Waals surface area contributed by atoms with E-state index in [4.69, 9.17) is 10.5 Å². The van der Waals surface area contributed by atoms with E-state index < -0.39 is 6.09 Å². The van der Waals surface area contributed by atoms with Gasteiger partial charge in [-0.1, -0.05) is 24.3 Å². The van der Waals surface area contributed by atoms with E-state index in [2.05, 4.69) is 4.99 Å². The molecule has 0 aliphatic carbocycles. The van der Waals surface area contributed by atoms with Crippen LogP contribution in [0, 0.1) is 0 Å². The Morgan fingerprint density at radius 2 is 1.60 bits per heavy atom. The van der Waals surface area contributed by atoms with E-state index in [1.807, 2.05) is 24.3 Å². The minimum absolute atomic E-state index is 0.414. The van der Waals surface area contributed by atoms with Crippen LogP contribution in [0.5, 0.6) is 5.75 Å². The molecule has 0 unspecified atom stereocenters. The molecule has 5 heteroatoms. The second-order valence-corrected chi connectivity index (χ2v) is 4.11. The lowest BCUT2D eigenvalue weighted by Crippen LogP contribution is -2.16. The van der Waals surface area contributed by atoms with Gasteiger partial charge in [0.25, 0.3) is 0 Å². The molecule has 0 fully saturated rings. The molecular formula is C15H12N2O3. The molecule has 0 aliphatic heterocycles. The monoisotopic (exact) mass is 268 g/mol. The van der Waals surface area contributed by atoms with Crippen LogP contribution in [0.2, 0.25) is 0 Å². The molecule has 2 aromatic carbocycles. The molecule has 2 rings (SSSR count). The van der Waals surface area contributed by atoms with E-state index in [0.29, 0.717) is 11.4 Å². The maximum absolute atomic E-state index is 10.6. The summed E-state index contributed by atoms with van der Waals surface area (Å²) in [6, 6.07) is 14.4. The third kappa shape index (κ3) is 3.80. The van der Waals surface area contributed by atoms with Crippen LogP contribution < -0.4 is 10.5 Å². The molecule has 0 aromatic heterocycles. The molecule has 0 saturated heterocycles. The lowest BCUT2D eigenvalue weighted by molar-refractivity contribution is 0.211. The van der Waals surface area contributed by atoms with Gasteiger partial charge in [0.2, 0.25) is 6.08 Å². The third-order valence-corrected chi connectivity index (χ3v) is 2.66. The number of rotatable bonds is 4. The predicted octanol–water partition coefficient (Wildman–Crippen LogP) is 2.70. The number of primary amides is 1. The summed E-state index contributed by atoms with van der Waals surface area (Å²) in [6.07, 6.45) is 1.39. The molecule has 2 N–H and O–H groups in total. The van der Waals surface area contributed by atoms with E-state index in [1.165, 1.54) is 6.08 Å². The van der Waals surface area contributed by atoms with Crippen molar-refractivity contribution in [2.24, 2.45) is 10.7 Å². The maximum Gasteiger partial charge on any atom is 0.409 e. The summed E-state index contributed by atoms with van der Waals surface area (Å²) in [5.41, 5.74) is 7.65. The van der Waals surface area contributed by atoms with Crippen molar-refractivity contribution in [2.75, 3.05) is 0 Å². The molecule has 1 amide bonds. The minimum atomic E-state index is -0.830. The second-order valence-electron chi connectivity index (χ2n) is 4.11. The molecular weight excluding hydrogens is 256 g/mol. The zero-order valence-electron chi connectivity index (χ0n) is 10.6. The molecule has 0 radical (unpaired) electrons. The topological polar surface area (TPSA) is 81.8 Å². The maximum atomic E-state index is 10.6. The van der Waals surface area contributed by atoms with Crippen molar-refractivity contribution in [1.29, 1.82) is 0 Å². The largest absolute Gasteiger partial charge is 0.411 e. The highest BCUT2D eigenvalue weighted by Crippen LogP contribution is 2.17. The van der Waals surface area contributed by atoms with Crippen LogP contribution in [0.1, 0.15) is 11.1 Å². The highest BCUT2D eigenvalue weighted by Gasteiger charge is 2.00. The van der Waals surface area contributed by atoms with E-state index in [9.17, 15) is 9.59 Å². The molecule has 0 bridgehead atoms. The van der Waals surface area contributed by atoms with E-state index in [-0.39, 0.29) is 0 Å². The summed E-state index contributed by atoms with van der Waals surface area (Å²) < 4.78 is 4.75. The number of carbonyl (C=O) groups is 1. The average Bonchev–Trinajstić information content (AvgIpc) is 2.43. The first-order valence-electron chi connectivity index (χ1n) is 5.90. The van der Waals surface area contributed by atoms with Crippen LogP contribution in [0.15, 0.2) is 53.5 Å². The van der Waals surface area contributed by atoms with Crippen molar-refractivity contribution in [2.45, 2.75) is 6.42 Å². The highest BCUT2D eigenvalue weighted by molar-refractivity contribution is 5.68. The Bertz CT molecular complexity index is 642. The molecule has 0 heterocycles. The molecule has 0 aliphatic rings. The Kier molecular flexibility index (Phi) is 4.27. The van der Waals surface area contributed by atoms with Gasteiger partial charge in [0.15, 0.2) is 0 Å². The van der Waals surface area contributed by atoms with E-state index >= 15 is 0 Å². The van der Waals surface area contributed by atoms with Gasteiger partial charge in [0, 0.05) is 0 Å². The fourth-order valence-electron chi connectivity index (χ4n) is 1.77. The highest BCUT2D eigenvalue weighted by atomic mass is 16.5. The predicted molar refractivity (Wildman–Crippen MR) is 73.7 cm³/mol. The van der Waals surface area contributed by atoms with Crippen molar-refractivity contribution >= 4 is 17.9 Å². The Balaban J connectivity index is 2.05. The summed E-state index contributed by atoms with van der Waals surface area (Å²) in [6.45, 7) is 0. The van der Waals surface area contributed by atoms with Crippen molar-refractivity contribution in [3.05, 3.63) is 59.7 Å². The fourth-order valence-corrected chi connectivity index (χ4v) is 1.77. The van der Waals surface area contributed by atoms with Crippen LogP contribution in [0.4, 0.5) is 10.5 Å². The first kappa shape index (κ1) is 13.5. The summed E-state index contributed by atoms with van der Waals surface area (Å²) in [4.78, 5) is 24.2. The Labute approximate surface area is 115 Å². The van der Waals surface area contributed by atoms with Gasteiger partial charge in [-0.15, -0.1) is 0 Å². The number of ether oxygens (including phenoxy) is 1. The van der Waals surface area contributed by atoms with Crippen molar-refractivity contribution < 1.29 is 14.3 Å². The number of nitrogens with zero attached hydrogens (tertiary/aromatic N) is 1. The van der Waals surface area contributed by atoms with Gasteiger partial charge >= 0.3 is 6.09 Å². The van der Waals surface area contributed by atoms with Gasteiger partial charge in [-0.2, -0.15) is 4.99 Å². The Morgan fingerprint density at radius 3 is 2.10 bits per heavy atom. The standard InChI is InChI=1S/C15H12N2O3/c16-15(19)20-14-7-3-12(4-8-14)9-11-1-5-13(6-2-11)17-10-18/h1-8H,9H2,(H2,16,19). The zero-order chi connectivity index (χ0) is 14.4. The number of nitrogens with two attached hydrogens (primary N) is 1. The molecule has 2 aromatic rings.